The molecule has 1 saturated carbocycles. The topological polar surface area (TPSA) is 64.3 Å². The number of carbonyl (C=O) groups excluding carboxylic acids is 1. The van der Waals surface area contributed by atoms with Crippen LogP contribution in [0.2, 0.25) is 0 Å². The molecule has 1 aromatic rings. The number of rotatable bonds is 6. The minimum Gasteiger partial charge on any atom is -0.496 e. The first-order chi connectivity index (χ1) is 10.7. The van der Waals surface area contributed by atoms with Crippen LogP contribution in [0, 0.1) is 5.92 Å². The highest BCUT2D eigenvalue weighted by atomic mass is 16.5. The van der Waals surface area contributed by atoms with Gasteiger partial charge in [-0.25, -0.2) is 0 Å². The summed E-state index contributed by atoms with van der Waals surface area (Å²) in [7, 11) is 1.67. The van der Waals surface area contributed by atoms with Gasteiger partial charge in [-0.1, -0.05) is 38.0 Å². The third-order valence-electron chi connectivity index (χ3n) is 4.72. The number of methoxy groups -OCH3 is 1. The van der Waals surface area contributed by atoms with Crippen molar-refractivity contribution >= 4 is 5.91 Å². The number of benzene rings is 1. The molecule has 122 valence electrons. The van der Waals surface area contributed by atoms with Gasteiger partial charge in [0.05, 0.1) is 7.11 Å². The minimum atomic E-state index is 0.115. The third-order valence-corrected chi connectivity index (χ3v) is 4.72. The van der Waals surface area contributed by atoms with Crippen LogP contribution in [-0.4, -0.2) is 25.6 Å². The van der Waals surface area contributed by atoms with Crippen LogP contribution in [0.5, 0.6) is 5.75 Å². The van der Waals surface area contributed by atoms with Crippen LogP contribution >= 0.6 is 0 Å². The quantitative estimate of drug-likeness (QED) is 0.849. The highest BCUT2D eigenvalue weighted by molar-refractivity contribution is 5.77. The molecule has 4 heteroatoms. The summed E-state index contributed by atoms with van der Waals surface area (Å²) in [5, 5.41) is 3.20. The summed E-state index contributed by atoms with van der Waals surface area (Å²) >= 11 is 0. The van der Waals surface area contributed by atoms with E-state index in [4.69, 9.17) is 10.5 Å². The number of hydrogen-bond donors (Lipinski definition) is 2. The van der Waals surface area contributed by atoms with E-state index in [2.05, 4.69) is 12.2 Å². The van der Waals surface area contributed by atoms with Gasteiger partial charge < -0.3 is 15.8 Å². The number of nitrogens with one attached hydrogen (secondary N) is 1. The molecule has 0 heterocycles. The molecule has 4 nitrogen and oxygen atoms in total. The lowest BCUT2D eigenvalue weighted by Crippen LogP contribution is -2.44. The summed E-state index contributed by atoms with van der Waals surface area (Å²) in [5.74, 6) is 1.53. The Morgan fingerprint density at radius 1 is 1.36 bits per heavy atom. The second-order valence-electron chi connectivity index (χ2n) is 6.30. The van der Waals surface area contributed by atoms with E-state index in [1.165, 1.54) is 12.8 Å². The lowest BCUT2D eigenvalue weighted by atomic mass is 9.84. The number of para-hydroxylation sites is 1. The van der Waals surface area contributed by atoms with Crippen LogP contribution in [0.15, 0.2) is 24.3 Å². The van der Waals surface area contributed by atoms with Gasteiger partial charge in [-0.15, -0.1) is 0 Å². The van der Waals surface area contributed by atoms with Crippen molar-refractivity contribution in [2.75, 3.05) is 13.7 Å². The predicted molar refractivity (Wildman–Crippen MR) is 89.0 cm³/mol. The molecule has 0 radical (unpaired) electrons. The van der Waals surface area contributed by atoms with E-state index in [9.17, 15) is 4.79 Å². The van der Waals surface area contributed by atoms with Crippen LogP contribution < -0.4 is 15.8 Å². The SMILES string of the molecule is COc1ccccc1C(C)CC(=O)NC1CCCCC1CN. The number of nitrogens with two attached hydrogens (primary N) is 1. The molecule has 2 rings (SSSR count). The van der Waals surface area contributed by atoms with E-state index in [0.29, 0.717) is 18.9 Å². The van der Waals surface area contributed by atoms with E-state index in [-0.39, 0.29) is 17.9 Å². The van der Waals surface area contributed by atoms with Crippen molar-refractivity contribution in [3.05, 3.63) is 29.8 Å². The Bertz CT molecular complexity index is 490. The zero-order valence-electron chi connectivity index (χ0n) is 13.7. The van der Waals surface area contributed by atoms with Gasteiger partial charge in [0.25, 0.3) is 0 Å². The first-order valence-electron chi connectivity index (χ1n) is 8.28. The molecule has 1 aliphatic rings. The molecule has 1 fully saturated rings. The predicted octanol–water partition coefficient (Wildman–Crippen LogP) is 2.82. The first kappa shape index (κ1) is 16.8. The van der Waals surface area contributed by atoms with Crippen molar-refractivity contribution in [3.63, 3.8) is 0 Å². The van der Waals surface area contributed by atoms with Crippen molar-refractivity contribution in [2.24, 2.45) is 11.7 Å². The Balaban J connectivity index is 1.93. The maximum atomic E-state index is 12.4. The highest BCUT2D eigenvalue weighted by Gasteiger charge is 2.26. The van der Waals surface area contributed by atoms with Crippen LogP contribution in [0.3, 0.4) is 0 Å². The van der Waals surface area contributed by atoms with Gasteiger partial charge in [0.15, 0.2) is 0 Å². The van der Waals surface area contributed by atoms with Crippen molar-refractivity contribution < 1.29 is 9.53 Å². The summed E-state index contributed by atoms with van der Waals surface area (Å²) in [6.45, 7) is 2.73. The molecule has 1 aromatic carbocycles. The summed E-state index contributed by atoms with van der Waals surface area (Å²) < 4.78 is 5.38. The van der Waals surface area contributed by atoms with Gasteiger partial charge in [-0.05, 0) is 42.9 Å². The van der Waals surface area contributed by atoms with Crippen molar-refractivity contribution in [1.82, 2.24) is 5.32 Å². The second kappa shape index (κ2) is 8.18. The number of carbonyl (C=O) groups is 1. The van der Waals surface area contributed by atoms with E-state index >= 15 is 0 Å². The van der Waals surface area contributed by atoms with E-state index < -0.39 is 0 Å². The lowest BCUT2D eigenvalue weighted by Gasteiger charge is -2.31. The molecule has 0 bridgehead atoms. The molecule has 3 N–H and O–H groups in total. The Kier molecular flexibility index (Phi) is 6.25. The molecule has 0 aromatic heterocycles. The van der Waals surface area contributed by atoms with Crippen molar-refractivity contribution in [3.8, 4) is 5.75 Å². The average molecular weight is 304 g/mol. The third kappa shape index (κ3) is 4.23. The standard InChI is InChI=1S/C18H28N2O2/c1-13(15-8-4-6-10-17(15)22-2)11-18(21)20-16-9-5-3-7-14(16)12-19/h4,6,8,10,13-14,16H,3,5,7,9,11-12,19H2,1-2H3,(H,20,21). The number of hydrogen-bond acceptors (Lipinski definition) is 3. The summed E-state index contributed by atoms with van der Waals surface area (Å²) in [6, 6.07) is 8.15. The maximum Gasteiger partial charge on any atom is 0.220 e. The molecule has 3 atom stereocenters. The number of amides is 1. The molecular formula is C18H28N2O2. The lowest BCUT2D eigenvalue weighted by molar-refractivity contribution is -0.122. The van der Waals surface area contributed by atoms with Crippen molar-refractivity contribution in [2.45, 2.75) is 51.0 Å². The van der Waals surface area contributed by atoms with Crippen LogP contribution in [0.4, 0.5) is 0 Å². The monoisotopic (exact) mass is 304 g/mol. The Morgan fingerprint density at radius 2 is 2.09 bits per heavy atom. The molecule has 22 heavy (non-hydrogen) atoms. The molecule has 1 amide bonds. The van der Waals surface area contributed by atoms with Crippen LogP contribution in [-0.2, 0) is 4.79 Å². The van der Waals surface area contributed by atoms with E-state index in [0.717, 1.165) is 24.2 Å². The molecule has 0 aliphatic heterocycles. The fourth-order valence-electron chi connectivity index (χ4n) is 3.41. The molecule has 0 spiro atoms. The van der Waals surface area contributed by atoms with Crippen LogP contribution in [0.25, 0.3) is 0 Å². The van der Waals surface area contributed by atoms with Crippen LogP contribution in [0.1, 0.15) is 50.5 Å². The molecule has 1 aliphatic carbocycles. The van der Waals surface area contributed by atoms with Gasteiger partial charge in [0.2, 0.25) is 5.91 Å². The summed E-state index contributed by atoms with van der Waals surface area (Å²) in [5.41, 5.74) is 6.91. The average Bonchev–Trinajstić information content (AvgIpc) is 2.55. The second-order valence-corrected chi connectivity index (χ2v) is 6.30. The van der Waals surface area contributed by atoms with Gasteiger partial charge in [-0.3, -0.25) is 4.79 Å². The molecular weight excluding hydrogens is 276 g/mol. The van der Waals surface area contributed by atoms with E-state index in [1.807, 2.05) is 24.3 Å². The van der Waals surface area contributed by atoms with Gasteiger partial charge in [0.1, 0.15) is 5.75 Å². The zero-order valence-corrected chi connectivity index (χ0v) is 13.7. The maximum absolute atomic E-state index is 12.4. The largest absolute Gasteiger partial charge is 0.496 e. The van der Waals surface area contributed by atoms with Gasteiger partial charge >= 0.3 is 0 Å². The van der Waals surface area contributed by atoms with Gasteiger partial charge in [-0.2, -0.15) is 0 Å². The van der Waals surface area contributed by atoms with Crippen molar-refractivity contribution in [1.29, 1.82) is 0 Å². The zero-order chi connectivity index (χ0) is 15.9. The smallest absolute Gasteiger partial charge is 0.220 e. The van der Waals surface area contributed by atoms with E-state index in [1.54, 1.807) is 7.11 Å². The minimum absolute atomic E-state index is 0.115. The Labute approximate surface area is 133 Å². The summed E-state index contributed by atoms with van der Waals surface area (Å²) in [6.07, 6.45) is 5.07. The molecule has 3 unspecified atom stereocenters. The first-order valence-corrected chi connectivity index (χ1v) is 8.28. The molecule has 0 saturated heterocycles. The van der Waals surface area contributed by atoms with Gasteiger partial charge in [0, 0.05) is 12.5 Å². The fraction of sp³-hybridized carbons (Fsp3) is 0.611. The fourth-order valence-corrected chi connectivity index (χ4v) is 3.41. The normalized spacial score (nSPS) is 22.9. The number of ether oxygens (including phenoxy) is 1. The Morgan fingerprint density at radius 3 is 2.82 bits per heavy atom. The Hall–Kier alpha value is -1.55. The highest BCUT2D eigenvalue weighted by Crippen LogP contribution is 2.29. The summed E-state index contributed by atoms with van der Waals surface area (Å²) in [4.78, 5) is 12.4.